The summed E-state index contributed by atoms with van der Waals surface area (Å²) in [6, 6.07) is 14.7. The van der Waals surface area contributed by atoms with Crippen molar-refractivity contribution in [2.45, 2.75) is 43.5 Å². The van der Waals surface area contributed by atoms with E-state index in [9.17, 15) is 9.59 Å². The number of carbonyl (C=O) groups excluding carboxylic acids is 2. The van der Waals surface area contributed by atoms with Gasteiger partial charge in [0.05, 0.1) is 6.54 Å². The number of unbranched alkanes of at least 4 members (excludes halogenated alkanes) is 1. The number of benzene rings is 2. The fourth-order valence-electron chi connectivity index (χ4n) is 4.96. The van der Waals surface area contributed by atoms with Gasteiger partial charge in [0.25, 0.3) is 5.24 Å². The lowest BCUT2D eigenvalue weighted by Crippen LogP contribution is -2.48. The van der Waals surface area contributed by atoms with E-state index in [4.69, 9.17) is 0 Å². The summed E-state index contributed by atoms with van der Waals surface area (Å²) in [5.74, 6) is 0.130. The van der Waals surface area contributed by atoms with Gasteiger partial charge in [-0.25, -0.2) is 0 Å². The molecule has 35 heavy (non-hydrogen) atoms. The summed E-state index contributed by atoms with van der Waals surface area (Å²) in [5.41, 5.74) is 4.52. The molecule has 7 heteroatoms. The van der Waals surface area contributed by atoms with E-state index >= 15 is 0 Å². The molecule has 1 fully saturated rings. The molecule has 3 aromatic rings. The van der Waals surface area contributed by atoms with Crippen molar-refractivity contribution in [3.05, 3.63) is 65.2 Å². The average Bonchev–Trinajstić information content (AvgIpc) is 3.48. The Kier molecular flexibility index (Phi) is 6.86. The highest BCUT2D eigenvalue weighted by Crippen LogP contribution is 2.48. The molecular weight excluding hydrogens is 456 g/mol. The van der Waals surface area contributed by atoms with E-state index in [-0.39, 0.29) is 17.2 Å². The fraction of sp³-hybridized carbons (Fsp3) is 0.357. The van der Waals surface area contributed by atoms with E-state index in [1.165, 1.54) is 10.9 Å². The number of rotatable bonds is 7. The number of aromatic nitrogens is 1. The topological polar surface area (TPSA) is 68.4 Å². The maximum Gasteiger partial charge on any atom is 0.266 e. The number of H-pyrrole nitrogens is 1. The summed E-state index contributed by atoms with van der Waals surface area (Å²) >= 11 is 0. The fourth-order valence-corrected chi connectivity index (χ4v) is 6.80. The number of hydrogen-bond donors (Lipinski definition) is 3. The van der Waals surface area contributed by atoms with E-state index in [0.717, 1.165) is 60.4 Å². The van der Waals surface area contributed by atoms with Crippen molar-refractivity contribution in [1.29, 1.82) is 0 Å². The molecule has 2 aliphatic heterocycles. The van der Waals surface area contributed by atoms with Crippen molar-refractivity contribution >= 4 is 44.7 Å². The zero-order valence-electron chi connectivity index (χ0n) is 20.5. The van der Waals surface area contributed by atoms with Crippen LogP contribution in [0.5, 0.6) is 0 Å². The highest BCUT2D eigenvalue weighted by molar-refractivity contribution is 8.32. The number of amides is 2. The van der Waals surface area contributed by atoms with E-state index in [1.807, 2.05) is 13.1 Å². The van der Waals surface area contributed by atoms with Crippen LogP contribution in [-0.4, -0.2) is 53.8 Å². The molecule has 3 heterocycles. The van der Waals surface area contributed by atoms with Crippen LogP contribution in [0.25, 0.3) is 17.0 Å². The molecule has 1 saturated heterocycles. The third-order valence-corrected chi connectivity index (χ3v) is 9.01. The summed E-state index contributed by atoms with van der Waals surface area (Å²) in [4.78, 5) is 34.1. The number of aromatic amines is 1. The van der Waals surface area contributed by atoms with Gasteiger partial charge in [-0.2, -0.15) is 0 Å². The summed E-state index contributed by atoms with van der Waals surface area (Å²) in [6.45, 7) is 4.10. The number of piperazine rings is 1. The second kappa shape index (κ2) is 10.2. The molecule has 0 saturated carbocycles. The summed E-state index contributed by atoms with van der Waals surface area (Å²) in [6.07, 6.45) is 8.11. The molecule has 6 nitrogen and oxygen atoms in total. The van der Waals surface area contributed by atoms with Gasteiger partial charge < -0.3 is 20.1 Å². The van der Waals surface area contributed by atoms with Crippen LogP contribution >= 0.6 is 10.9 Å². The van der Waals surface area contributed by atoms with Crippen LogP contribution in [0, 0.1) is 0 Å². The second-order valence-corrected chi connectivity index (χ2v) is 11.4. The van der Waals surface area contributed by atoms with Crippen LogP contribution in [0.3, 0.4) is 0 Å². The predicted molar refractivity (Wildman–Crippen MR) is 146 cm³/mol. The largest absolute Gasteiger partial charge is 0.361 e. The Morgan fingerprint density at radius 3 is 2.89 bits per heavy atom. The van der Waals surface area contributed by atoms with Crippen LogP contribution < -0.4 is 10.2 Å². The average molecular weight is 491 g/mol. The number of fused-ring (bicyclic) bond motifs is 2. The molecule has 2 amide bonds. The minimum absolute atomic E-state index is 0.0973. The standard InChI is InChI=1S/C28H34N4O2S/c1-3-4-7-22(16-21-18-29-25-9-6-5-8-24(21)25)30-28(34)35-15-12-20-10-11-23(17-26(20)35)32-14-13-31(2)27(33)19-32/h5-6,8-12,15,17-18,22,29,35H,3-4,7,13-14,16,19H2,1-2H3,(H,30,34). The Balaban J connectivity index is 1.32. The lowest BCUT2D eigenvalue weighted by Gasteiger charge is -2.34. The van der Waals surface area contributed by atoms with E-state index in [0.29, 0.717) is 6.54 Å². The van der Waals surface area contributed by atoms with Gasteiger partial charge in [-0.1, -0.05) is 44.0 Å². The molecule has 0 bridgehead atoms. The third-order valence-electron chi connectivity index (χ3n) is 7.09. The van der Waals surface area contributed by atoms with Crippen molar-refractivity contribution in [2.75, 3.05) is 31.6 Å². The maximum atomic E-state index is 13.5. The molecule has 2 N–H and O–H groups in total. The normalized spacial score (nSPS) is 19.3. The Morgan fingerprint density at radius 1 is 1.20 bits per heavy atom. The van der Waals surface area contributed by atoms with Crippen molar-refractivity contribution in [1.82, 2.24) is 15.2 Å². The van der Waals surface area contributed by atoms with Crippen LogP contribution in [0.15, 0.2) is 59.0 Å². The van der Waals surface area contributed by atoms with Crippen LogP contribution in [0.1, 0.15) is 37.3 Å². The van der Waals surface area contributed by atoms with Gasteiger partial charge in [-0.3, -0.25) is 9.59 Å². The van der Waals surface area contributed by atoms with Crippen LogP contribution in [0.2, 0.25) is 0 Å². The minimum Gasteiger partial charge on any atom is -0.361 e. The monoisotopic (exact) mass is 490 g/mol. The number of thiol groups is 1. The molecule has 2 aliphatic rings. The highest BCUT2D eigenvalue weighted by atomic mass is 32.2. The molecule has 0 radical (unpaired) electrons. The first-order chi connectivity index (χ1) is 17.0. The summed E-state index contributed by atoms with van der Waals surface area (Å²) < 4.78 is 0. The lowest BCUT2D eigenvalue weighted by atomic mass is 10.0. The maximum absolute atomic E-state index is 13.5. The molecule has 5 rings (SSSR count). The van der Waals surface area contributed by atoms with Crippen molar-refractivity contribution < 1.29 is 9.59 Å². The number of hydrogen-bond acceptors (Lipinski definition) is 3. The second-order valence-electron chi connectivity index (χ2n) is 9.52. The molecule has 2 unspecified atom stereocenters. The van der Waals surface area contributed by atoms with Gasteiger partial charge in [-0.15, -0.1) is 10.9 Å². The Bertz CT molecular complexity index is 1270. The summed E-state index contributed by atoms with van der Waals surface area (Å²) in [5, 5.41) is 6.81. The quantitative estimate of drug-likeness (QED) is 0.394. The van der Waals surface area contributed by atoms with E-state index in [2.05, 4.69) is 76.2 Å². The Morgan fingerprint density at radius 2 is 2.06 bits per heavy atom. The zero-order valence-corrected chi connectivity index (χ0v) is 21.4. The van der Waals surface area contributed by atoms with Crippen LogP contribution in [-0.2, 0) is 11.2 Å². The number of para-hydroxylation sites is 1. The van der Waals surface area contributed by atoms with Gasteiger partial charge in [0.15, 0.2) is 0 Å². The van der Waals surface area contributed by atoms with Gasteiger partial charge in [-0.05, 0) is 53.7 Å². The molecule has 2 aromatic carbocycles. The van der Waals surface area contributed by atoms with Gasteiger partial charge >= 0.3 is 0 Å². The molecule has 0 spiro atoms. The van der Waals surface area contributed by atoms with Crippen molar-refractivity contribution in [3.8, 4) is 0 Å². The number of carbonyl (C=O) groups is 2. The molecule has 2 atom stereocenters. The minimum atomic E-state index is -1.08. The zero-order chi connectivity index (χ0) is 24.4. The SMILES string of the molecule is CCCCC(Cc1c[nH]c2ccccc12)NC(=O)[SH]1C=Cc2ccc(N3CCN(C)C(=O)C3)cc21. The Labute approximate surface area is 209 Å². The van der Waals surface area contributed by atoms with Gasteiger partial charge in [0.2, 0.25) is 5.91 Å². The predicted octanol–water partition coefficient (Wildman–Crippen LogP) is 5.30. The lowest BCUT2D eigenvalue weighted by molar-refractivity contribution is -0.129. The number of likely N-dealkylation sites (N-methyl/N-ethyl adjacent to an activating group) is 1. The van der Waals surface area contributed by atoms with Gasteiger partial charge in [0, 0.05) is 53.9 Å². The number of nitrogens with one attached hydrogen (secondary N) is 2. The molecule has 0 aliphatic carbocycles. The Hall–Kier alpha value is -3.19. The number of nitrogens with zero attached hydrogens (tertiary/aromatic N) is 2. The van der Waals surface area contributed by atoms with Crippen LogP contribution in [0.4, 0.5) is 10.5 Å². The third kappa shape index (κ3) is 4.96. The number of anilines is 1. The van der Waals surface area contributed by atoms with Crippen molar-refractivity contribution in [3.63, 3.8) is 0 Å². The summed E-state index contributed by atoms with van der Waals surface area (Å²) in [7, 11) is 0.763. The highest BCUT2D eigenvalue weighted by Gasteiger charge is 2.26. The van der Waals surface area contributed by atoms with E-state index < -0.39 is 10.9 Å². The molecular formula is C28H34N4O2S. The first-order valence-corrected chi connectivity index (χ1v) is 13.9. The first-order valence-electron chi connectivity index (χ1n) is 12.5. The first kappa shape index (κ1) is 23.5. The molecule has 1 aromatic heterocycles. The smallest absolute Gasteiger partial charge is 0.266 e. The van der Waals surface area contributed by atoms with Crippen molar-refractivity contribution in [2.24, 2.45) is 0 Å². The molecule has 184 valence electrons. The van der Waals surface area contributed by atoms with E-state index in [1.54, 1.807) is 4.90 Å². The van der Waals surface area contributed by atoms with Gasteiger partial charge in [0.1, 0.15) is 0 Å².